The highest BCUT2D eigenvalue weighted by atomic mass is 16.7. The summed E-state index contributed by atoms with van der Waals surface area (Å²) < 4.78 is 10.9. The number of allylic oxidation sites excluding steroid dienone is 2. The van der Waals surface area contributed by atoms with Gasteiger partial charge in [0.25, 0.3) is 5.79 Å². The molecule has 2 aliphatic rings. The average Bonchev–Trinajstić information content (AvgIpc) is 2.57. The quantitative estimate of drug-likeness (QED) is 0.635. The van der Waals surface area contributed by atoms with Crippen LogP contribution in [0.5, 0.6) is 0 Å². The van der Waals surface area contributed by atoms with Crippen LogP contribution in [0.4, 0.5) is 0 Å². The molecule has 14 heavy (non-hydrogen) atoms. The molecule has 0 aliphatic carbocycles. The summed E-state index contributed by atoms with van der Waals surface area (Å²) in [5, 5.41) is 1.30. The average molecular weight is 195 g/mol. The molecule has 3 N–H and O–H groups in total. The van der Waals surface area contributed by atoms with Gasteiger partial charge in [-0.3, -0.25) is 5.43 Å². The number of nitrogens with two attached hydrogens (primary N) is 1. The van der Waals surface area contributed by atoms with Crippen molar-refractivity contribution in [2.24, 2.45) is 5.84 Å². The van der Waals surface area contributed by atoms with E-state index < -0.39 is 5.79 Å². The highest BCUT2D eigenvalue weighted by Crippen LogP contribution is 2.27. The maximum atomic E-state index is 5.62. The smallest absolute Gasteiger partial charge is 0.252 e. The first kappa shape index (κ1) is 8.96. The first-order chi connectivity index (χ1) is 6.70. The topological polar surface area (TPSA) is 59.8 Å². The minimum atomic E-state index is -0.643. The number of ether oxygens (including phenoxy) is 2. The van der Waals surface area contributed by atoms with Crippen LogP contribution in [0.2, 0.25) is 0 Å². The predicted molar refractivity (Wildman–Crippen MR) is 50.7 cm³/mol. The maximum Gasteiger partial charge on any atom is 0.252 e. The van der Waals surface area contributed by atoms with Crippen molar-refractivity contribution in [3.05, 3.63) is 36.6 Å². The van der Waals surface area contributed by atoms with E-state index in [1.807, 2.05) is 19.1 Å². The van der Waals surface area contributed by atoms with E-state index in [0.29, 0.717) is 12.3 Å². The zero-order valence-electron chi connectivity index (χ0n) is 7.93. The van der Waals surface area contributed by atoms with Crippen LogP contribution >= 0.6 is 0 Å². The second-order valence-electron chi connectivity index (χ2n) is 3.29. The molecule has 0 saturated heterocycles. The van der Waals surface area contributed by atoms with Gasteiger partial charge >= 0.3 is 0 Å². The van der Waals surface area contributed by atoms with E-state index in [-0.39, 0.29) is 0 Å². The summed E-state index contributed by atoms with van der Waals surface area (Å²) in [4.78, 5) is 0. The number of hydrogen-bond acceptors (Lipinski definition) is 5. The van der Waals surface area contributed by atoms with Gasteiger partial charge in [0.05, 0.1) is 6.26 Å². The summed E-state index contributed by atoms with van der Waals surface area (Å²) in [5.74, 6) is 5.50. The molecule has 2 rings (SSSR count). The predicted octanol–water partition coefficient (Wildman–Crippen LogP) is 0.702. The van der Waals surface area contributed by atoms with Crippen molar-refractivity contribution >= 4 is 0 Å². The zero-order chi connectivity index (χ0) is 10.0. The van der Waals surface area contributed by atoms with Gasteiger partial charge in [-0.05, 0) is 12.2 Å². The molecule has 1 unspecified atom stereocenters. The van der Waals surface area contributed by atoms with Crippen LogP contribution in [0.1, 0.15) is 13.3 Å². The summed E-state index contributed by atoms with van der Waals surface area (Å²) >= 11 is 0. The van der Waals surface area contributed by atoms with Crippen LogP contribution in [0.3, 0.4) is 0 Å². The fraction of sp³-hybridized carbons (Fsp3) is 0.333. The molecule has 0 radical (unpaired) electrons. The fourth-order valence-corrected chi connectivity index (χ4v) is 1.27. The third kappa shape index (κ3) is 1.67. The minimum Gasteiger partial charge on any atom is -0.460 e. The van der Waals surface area contributed by atoms with Crippen molar-refractivity contribution in [1.29, 1.82) is 0 Å². The van der Waals surface area contributed by atoms with Gasteiger partial charge in [0.1, 0.15) is 0 Å². The van der Waals surface area contributed by atoms with E-state index in [9.17, 15) is 0 Å². The number of hydrogen-bond donors (Lipinski definition) is 2. The molecule has 0 saturated carbocycles. The number of nitrogens with zero attached hydrogens (tertiary/aromatic N) is 1. The summed E-state index contributed by atoms with van der Waals surface area (Å²) in [6.07, 6.45) is 9.54. The van der Waals surface area contributed by atoms with Gasteiger partial charge < -0.3 is 9.47 Å². The minimum absolute atomic E-state index is 0.527. The lowest BCUT2D eigenvalue weighted by atomic mass is 10.2. The van der Waals surface area contributed by atoms with Gasteiger partial charge in [0.15, 0.2) is 0 Å². The second-order valence-corrected chi connectivity index (χ2v) is 3.29. The molecule has 5 nitrogen and oxygen atoms in total. The number of hydrazine groups is 2. The molecule has 0 aromatic carbocycles. The summed E-state index contributed by atoms with van der Waals surface area (Å²) in [6, 6.07) is 0. The Kier molecular flexibility index (Phi) is 2.09. The summed E-state index contributed by atoms with van der Waals surface area (Å²) in [7, 11) is 0. The lowest BCUT2D eigenvalue weighted by Gasteiger charge is -2.31. The van der Waals surface area contributed by atoms with Gasteiger partial charge in [-0.1, -0.05) is 0 Å². The van der Waals surface area contributed by atoms with Gasteiger partial charge in [-0.25, -0.2) is 5.84 Å². The highest BCUT2D eigenvalue weighted by Gasteiger charge is 2.31. The van der Waals surface area contributed by atoms with Crippen molar-refractivity contribution in [2.75, 3.05) is 0 Å². The van der Waals surface area contributed by atoms with Crippen LogP contribution in [-0.4, -0.2) is 10.9 Å². The van der Waals surface area contributed by atoms with Gasteiger partial charge in [-0.15, -0.1) is 0 Å². The Hall–Kier alpha value is -1.62. The molecule has 0 aromatic heterocycles. The highest BCUT2D eigenvalue weighted by molar-refractivity contribution is 5.10. The Balaban J connectivity index is 2.03. The molecule has 0 bridgehead atoms. The van der Waals surface area contributed by atoms with E-state index in [1.54, 1.807) is 18.5 Å². The normalized spacial score (nSPS) is 29.6. The van der Waals surface area contributed by atoms with Crippen molar-refractivity contribution in [3.63, 3.8) is 0 Å². The molecule has 0 amide bonds. The Morgan fingerprint density at radius 1 is 1.71 bits per heavy atom. The largest absolute Gasteiger partial charge is 0.460 e. The van der Waals surface area contributed by atoms with Crippen molar-refractivity contribution in [3.8, 4) is 0 Å². The Morgan fingerprint density at radius 3 is 3.21 bits per heavy atom. The van der Waals surface area contributed by atoms with Crippen molar-refractivity contribution in [2.45, 2.75) is 19.1 Å². The molecule has 0 fully saturated rings. The molecule has 1 atom stereocenters. The molecule has 5 heteroatoms. The van der Waals surface area contributed by atoms with E-state index in [0.717, 1.165) is 0 Å². The van der Waals surface area contributed by atoms with Gasteiger partial charge in [0, 0.05) is 25.6 Å². The molecule has 2 aliphatic heterocycles. The van der Waals surface area contributed by atoms with Gasteiger partial charge in [-0.2, -0.15) is 5.12 Å². The third-order valence-electron chi connectivity index (χ3n) is 2.01. The lowest BCUT2D eigenvalue weighted by Crippen LogP contribution is -2.44. The standard InChI is InChI=1S/C9H13N3O2/c1-9(5-3-7-13-9)14-8-4-2-6-11-12(8)10/h2-4,6-7,11H,5,10H2,1H3. The van der Waals surface area contributed by atoms with Crippen LogP contribution in [0, 0.1) is 0 Å². The summed E-state index contributed by atoms with van der Waals surface area (Å²) in [5.41, 5.74) is 2.78. The van der Waals surface area contributed by atoms with E-state index >= 15 is 0 Å². The monoisotopic (exact) mass is 195 g/mol. The summed E-state index contributed by atoms with van der Waals surface area (Å²) in [6.45, 7) is 1.86. The molecular weight excluding hydrogens is 182 g/mol. The lowest BCUT2D eigenvalue weighted by molar-refractivity contribution is -0.173. The number of nitrogens with one attached hydrogen (secondary N) is 1. The number of rotatable bonds is 2. The molecular formula is C9H13N3O2. The fourth-order valence-electron chi connectivity index (χ4n) is 1.27. The maximum absolute atomic E-state index is 5.62. The second kappa shape index (κ2) is 3.26. The molecule has 0 spiro atoms. The van der Waals surface area contributed by atoms with Crippen LogP contribution < -0.4 is 11.3 Å². The first-order valence-corrected chi connectivity index (χ1v) is 4.39. The van der Waals surface area contributed by atoms with Crippen molar-refractivity contribution < 1.29 is 9.47 Å². The van der Waals surface area contributed by atoms with E-state index in [1.165, 1.54) is 5.12 Å². The Labute approximate surface area is 82.4 Å². The van der Waals surface area contributed by atoms with E-state index in [4.69, 9.17) is 15.3 Å². The van der Waals surface area contributed by atoms with Gasteiger partial charge in [0.2, 0.25) is 5.88 Å². The van der Waals surface area contributed by atoms with Crippen LogP contribution in [0.15, 0.2) is 36.6 Å². The zero-order valence-corrected chi connectivity index (χ0v) is 7.93. The van der Waals surface area contributed by atoms with Crippen LogP contribution in [-0.2, 0) is 9.47 Å². The Bertz CT molecular complexity index is 301. The Morgan fingerprint density at radius 2 is 2.57 bits per heavy atom. The SMILES string of the molecule is CC1(OC2=CC=CNN2N)CC=CO1. The van der Waals surface area contributed by atoms with Crippen molar-refractivity contribution in [1.82, 2.24) is 10.5 Å². The van der Waals surface area contributed by atoms with Crippen LogP contribution in [0.25, 0.3) is 0 Å². The molecule has 2 heterocycles. The van der Waals surface area contributed by atoms with E-state index in [2.05, 4.69) is 5.43 Å². The first-order valence-electron chi connectivity index (χ1n) is 4.39. The third-order valence-corrected chi connectivity index (χ3v) is 2.01. The molecule has 0 aromatic rings. The molecule has 76 valence electrons.